The van der Waals surface area contributed by atoms with Crippen LogP contribution in [0.5, 0.6) is 0 Å². The Bertz CT molecular complexity index is 473. The van der Waals surface area contributed by atoms with Gasteiger partial charge < -0.3 is 15.3 Å². The summed E-state index contributed by atoms with van der Waals surface area (Å²) in [5.74, 6) is -0.00884. The minimum atomic E-state index is -0.395. The first-order valence-corrected chi connectivity index (χ1v) is 7.13. The fourth-order valence-corrected chi connectivity index (χ4v) is 2.44. The van der Waals surface area contributed by atoms with E-state index in [9.17, 15) is 9.90 Å². The van der Waals surface area contributed by atoms with Crippen LogP contribution in [0.4, 0.5) is 5.69 Å². The molecule has 0 bridgehead atoms. The van der Waals surface area contributed by atoms with Crippen molar-refractivity contribution in [3.8, 4) is 0 Å². The van der Waals surface area contributed by atoms with Gasteiger partial charge in [0.1, 0.15) is 0 Å². The maximum atomic E-state index is 12.6. The number of nitrogens with zero attached hydrogens (tertiary/aromatic N) is 1. The lowest BCUT2D eigenvalue weighted by Gasteiger charge is -2.30. The summed E-state index contributed by atoms with van der Waals surface area (Å²) in [6, 6.07) is 7.53. The molecule has 20 heavy (non-hydrogen) atoms. The van der Waals surface area contributed by atoms with Gasteiger partial charge in [-0.25, -0.2) is 0 Å². The number of carbonyl (C=O) groups is 1. The highest BCUT2D eigenvalue weighted by molar-refractivity contribution is 5.99. The molecule has 0 spiro atoms. The molecular formula is C16H22N2O2. The van der Waals surface area contributed by atoms with Crippen molar-refractivity contribution < 1.29 is 9.90 Å². The lowest BCUT2D eigenvalue weighted by molar-refractivity contribution is 0.0474. The summed E-state index contributed by atoms with van der Waals surface area (Å²) in [4.78, 5) is 14.3. The minimum Gasteiger partial charge on any atom is -0.391 e. The standard InChI is InChI=1S/C16H22N2O2/c1-2-3-10-17-15-9-5-4-8-14(15)16(20)18-11-6-7-13(19)12-18/h2,4-5,8-9,13,17,19H,1,3,6-7,10-12H2. The molecule has 0 radical (unpaired) electrons. The van der Waals surface area contributed by atoms with E-state index in [1.54, 1.807) is 4.90 Å². The number of β-amino-alcohol motifs (C(OH)–C–C–N with tert-alkyl or cyclic N) is 1. The SMILES string of the molecule is C=CCCNc1ccccc1C(=O)N1CCCC(O)C1. The molecule has 1 fully saturated rings. The van der Waals surface area contributed by atoms with Crippen molar-refractivity contribution >= 4 is 11.6 Å². The van der Waals surface area contributed by atoms with Gasteiger partial charge in [-0.1, -0.05) is 18.2 Å². The Balaban J connectivity index is 2.10. The van der Waals surface area contributed by atoms with Crippen molar-refractivity contribution in [1.82, 2.24) is 4.90 Å². The van der Waals surface area contributed by atoms with E-state index in [-0.39, 0.29) is 5.91 Å². The van der Waals surface area contributed by atoms with E-state index in [1.165, 1.54) is 0 Å². The quantitative estimate of drug-likeness (QED) is 0.640. The number of para-hydroxylation sites is 1. The van der Waals surface area contributed by atoms with E-state index < -0.39 is 6.10 Å². The monoisotopic (exact) mass is 274 g/mol. The molecule has 1 aromatic rings. The molecule has 108 valence electrons. The number of piperidine rings is 1. The zero-order chi connectivity index (χ0) is 14.4. The van der Waals surface area contributed by atoms with Crippen LogP contribution < -0.4 is 5.32 Å². The summed E-state index contributed by atoms with van der Waals surface area (Å²) >= 11 is 0. The van der Waals surface area contributed by atoms with E-state index in [0.717, 1.165) is 38.0 Å². The predicted molar refractivity (Wildman–Crippen MR) is 80.9 cm³/mol. The maximum Gasteiger partial charge on any atom is 0.256 e. The molecule has 1 atom stereocenters. The van der Waals surface area contributed by atoms with E-state index in [0.29, 0.717) is 12.1 Å². The third-order valence-corrected chi connectivity index (χ3v) is 3.51. The normalized spacial score (nSPS) is 18.6. The van der Waals surface area contributed by atoms with Crippen LogP contribution in [0.1, 0.15) is 29.6 Å². The summed E-state index contributed by atoms with van der Waals surface area (Å²) in [7, 11) is 0. The first-order chi connectivity index (χ1) is 9.72. The van der Waals surface area contributed by atoms with E-state index in [4.69, 9.17) is 0 Å². The predicted octanol–water partition coefficient (Wildman–Crippen LogP) is 2.27. The van der Waals surface area contributed by atoms with Gasteiger partial charge in [0, 0.05) is 25.3 Å². The Morgan fingerprint density at radius 3 is 3.05 bits per heavy atom. The van der Waals surface area contributed by atoms with Crippen LogP contribution in [-0.4, -0.2) is 41.7 Å². The minimum absolute atomic E-state index is 0.00884. The largest absolute Gasteiger partial charge is 0.391 e. The molecule has 0 saturated carbocycles. The molecule has 0 aliphatic carbocycles. The Labute approximate surface area is 120 Å². The Hall–Kier alpha value is -1.81. The zero-order valence-electron chi connectivity index (χ0n) is 11.7. The van der Waals surface area contributed by atoms with E-state index >= 15 is 0 Å². The number of nitrogens with one attached hydrogen (secondary N) is 1. The van der Waals surface area contributed by atoms with Crippen LogP contribution in [-0.2, 0) is 0 Å². The van der Waals surface area contributed by atoms with Gasteiger partial charge in [0.25, 0.3) is 5.91 Å². The average molecular weight is 274 g/mol. The van der Waals surface area contributed by atoms with Crippen LogP contribution in [0.2, 0.25) is 0 Å². The first kappa shape index (κ1) is 14.6. The van der Waals surface area contributed by atoms with Gasteiger partial charge in [-0.05, 0) is 31.4 Å². The fraction of sp³-hybridized carbons (Fsp3) is 0.438. The van der Waals surface area contributed by atoms with Crippen molar-refractivity contribution in [1.29, 1.82) is 0 Å². The summed E-state index contributed by atoms with van der Waals surface area (Å²) < 4.78 is 0. The lowest BCUT2D eigenvalue weighted by atomic mass is 10.1. The third-order valence-electron chi connectivity index (χ3n) is 3.51. The van der Waals surface area contributed by atoms with Gasteiger partial charge >= 0.3 is 0 Å². The molecule has 2 N–H and O–H groups in total. The number of hydrogen-bond donors (Lipinski definition) is 2. The van der Waals surface area contributed by atoms with E-state index in [2.05, 4.69) is 11.9 Å². The molecule has 1 heterocycles. The molecule has 1 aromatic carbocycles. The van der Waals surface area contributed by atoms with Crippen molar-refractivity contribution in [3.63, 3.8) is 0 Å². The number of rotatable bonds is 5. The second kappa shape index (κ2) is 7.10. The summed E-state index contributed by atoms with van der Waals surface area (Å²) in [6.07, 6.45) is 3.94. The second-order valence-corrected chi connectivity index (χ2v) is 5.10. The number of likely N-dealkylation sites (tertiary alicyclic amines) is 1. The zero-order valence-corrected chi connectivity index (χ0v) is 11.7. The summed E-state index contributed by atoms with van der Waals surface area (Å²) in [5.41, 5.74) is 1.52. The van der Waals surface area contributed by atoms with Crippen LogP contribution in [0.15, 0.2) is 36.9 Å². The van der Waals surface area contributed by atoms with Gasteiger partial charge in [0.05, 0.1) is 11.7 Å². The highest BCUT2D eigenvalue weighted by Crippen LogP contribution is 2.20. The van der Waals surface area contributed by atoms with Crippen molar-refractivity contribution in [2.24, 2.45) is 0 Å². The van der Waals surface area contributed by atoms with Gasteiger partial charge in [-0.3, -0.25) is 4.79 Å². The molecule has 4 nitrogen and oxygen atoms in total. The molecule has 4 heteroatoms. The topological polar surface area (TPSA) is 52.6 Å². The van der Waals surface area contributed by atoms with Gasteiger partial charge in [-0.15, -0.1) is 6.58 Å². The first-order valence-electron chi connectivity index (χ1n) is 7.13. The number of benzene rings is 1. The van der Waals surface area contributed by atoms with Crippen molar-refractivity contribution in [2.75, 3.05) is 25.0 Å². The highest BCUT2D eigenvalue weighted by Gasteiger charge is 2.24. The van der Waals surface area contributed by atoms with Crippen LogP contribution in [0.3, 0.4) is 0 Å². The van der Waals surface area contributed by atoms with Crippen LogP contribution in [0, 0.1) is 0 Å². The molecule has 2 rings (SSSR count). The number of anilines is 1. The Morgan fingerprint density at radius 1 is 1.50 bits per heavy atom. The van der Waals surface area contributed by atoms with Crippen LogP contribution in [0.25, 0.3) is 0 Å². The number of aliphatic hydroxyl groups excluding tert-OH is 1. The molecule has 1 unspecified atom stereocenters. The number of carbonyl (C=O) groups excluding carboxylic acids is 1. The number of amides is 1. The van der Waals surface area contributed by atoms with Gasteiger partial charge in [-0.2, -0.15) is 0 Å². The molecule has 1 saturated heterocycles. The molecule has 1 aliphatic heterocycles. The lowest BCUT2D eigenvalue weighted by Crippen LogP contribution is -2.42. The summed E-state index contributed by atoms with van der Waals surface area (Å²) in [5, 5.41) is 13.0. The Kier molecular flexibility index (Phi) is 5.18. The highest BCUT2D eigenvalue weighted by atomic mass is 16.3. The average Bonchev–Trinajstić information content (AvgIpc) is 2.47. The smallest absolute Gasteiger partial charge is 0.256 e. The van der Waals surface area contributed by atoms with E-state index in [1.807, 2.05) is 30.3 Å². The van der Waals surface area contributed by atoms with Gasteiger partial charge in [0.15, 0.2) is 0 Å². The third kappa shape index (κ3) is 3.61. The second-order valence-electron chi connectivity index (χ2n) is 5.10. The fourth-order valence-electron chi connectivity index (χ4n) is 2.44. The van der Waals surface area contributed by atoms with Gasteiger partial charge in [0.2, 0.25) is 0 Å². The summed E-state index contributed by atoms with van der Waals surface area (Å²) in [6.45, 7) is 5.60. The maximum absolute atomic E-state index is 12.6. The molecular weight excluding hydrogens is 252 g/mol. The Morgan fingerprint density at radius 2 is 2.30 bits per heavy atom. The molecule has 1 amide bonds. The molecule has 1 aliphatic rings. The van der Waals surface area contributed by atoms with Crippen LogP contribution >= 0.6 is 0 Å². The molecule has 0 aromatic heterocycles. The number of hydrogen-bond acceptors (Lipinski definition) is 3. The van der Waals surface area contributed by atoms with Crippen molar-refractivity contribution in [2.45, 2.75) is 25.4 Å². The number of aliphatic hydroxyl groups is 1. The van der Waals surface area contributed by atoms with Crippen molar-refractivity contribution in [3.05, 3.63) is 42.5 Å².